The molecule has 0 unspecified atom stereocenters. The molecule has 0 fully saturated rings. The molecule has 0 aliphatic carbocycles. The van der Waals surface area contributed by atoms with Crippen LogP contribution in [0.2, 0.25) is 0 Å². The average molecular weight is 361 g/mol. The third kappa shape index (κ3) is 8.70. The van der Waals surface area contributed by atoms with Gasteiger partial charge < -0.3 is 60.7 Å². The summed E-state index contributed by atoms with van der Waals surface area (Å²) in [5, 5.41) is 87.1. The van der Waals surface area contributed by atoms with Crippen molar-refractivity contribution in [2.75, 3.05) is 13.2 Å². The van der Waals surface area contributed by atoms with Crippen LogP contribution in [-0.4, -0.2) is 126 Å². The van der Waals surface area contributed by atoms with Crippen LogP contribution in [0.5, 0.6) is 0 Å². The summed E-state index contributed by atoms with van der Waals surface area (Å²) in [5.41, 5.74) is 0. The van der Waals surface area contributed by atoms with Crippen LogP contribution >= 0.6 is 0 Å². The molecule has 0 rings (SSSR count). The lowest BCUT2D eigenvalue weighted by Gasteiger charge is -2.22. The quantitative estimate of drug-likeness (QED) is 0.163. The van der Waals surface area contributed by atoms with Gasteiger partial charge in [0.2, 0.25) is 0 Å². The van der Waals surface area contributed by atoms with E-state index in [2.05, 4.69) is 0 Å². The van der Waals surface area contributed by atoms with Crippen molar-refractivity contribution in [3.63, 3.8) is 0 Å². The van der Waals surface area contributed by atoms with Gasteiger partial charge in [0.15, 0.2) is 12.6 Å². The van der Waals surface area contributed by atoms with E-state index in [1.807, 2.05) is 0 Å². The van der Waals surface area contributed by atoms with Gasteiger partial charge in [-0.2, -0.15) is 0 Å². The Morgan fingerprint density at radius 2 is 0.833 bits per heavy atom. The molecule has 0 radical (unpaired) electrons. The second-order valence-electron chi connectivity index (χ2n) is 4.72. The predicted molar refractivity (Wildman–Crippen MR) is 75.5 cm³/mol. The first-order valence-electron chi connectivity index (χ1n) is 6.65. The molecular formula is C12H25O12+. The van der Waals surface area contributed by atoms with Crippen molar-refractivity contribution < 1.29 is 62.1 Å². The second-order valence-corrected chi connectivity index (χ2v) is 4.72. The minimum Gasteiger partial charge on any atom is -0.394 e. The summed E-state index contributed by atoms with van der Waals surface area (Å²) in [6.07, 6.45) is -13.7. The Balaban J connectivity index is -0.000000372. The molecule has 0 bridgehead atoms. The molecule has 0 spiro atoms. The summed E-state index contributed by atoms with van der Waals surface area (Å²) in [5.74, 6) is 0. The Morgan fingerprint density at radius 3 is 1.00 bits per heavy atom. The van der Waals surface area contributed by atoms with Crippen molar-refractivity contribution in [3.8, 4) is 0 Å². The largest absolute Gasteiger partial charge is 1.00 e. The third-order valence-electron chi connectivity index (χ3n) is 2.84. The maximum atomic E-state index is 9.90. The molecule has 10 N–H and O–H groups in total. The van der Waals surface area contributed by atoms with Gasteiger partial charge in [-0.05, 0) is 0 Å². The Kier molecular flexibility index (Phi) is 13.9. The van der Waals surface area contributed by atoms with E-state index in [0.29, 0.717) is 0 Å². The van der Waals surface area contributed by atoms with Gasteiger partial charge in [0, 0.05) is 0 Å². The zero-order chi connectivity index (χ0) is 19.4. The lowest BCUT2D eigenvalue weighted by molar-refractivity contribution is -0.136. The van der Waals surface area contributed by atoms with Crippen LogP contribution in [0.15, 0.2) is 0 Å². The van der Waals surface area contributed by atoms with E-state index in [-0.39, 0.29) is 14.0 Å². The van der Waals surface area contributed by atoms with Crippen molar-refractivity contribution in [1.29, 1.82) is 0 Å². The molecule has 0 amide bonds. The molecule has 0 saturated heterocycles. The minimum atomic E-state index is -1.79. The molecule has 8 atom stereocenters. The van der Waals surface area contributed by atoms with E-state index in [1.54, 1.807) is 0 Å². The van der Waals surface area contributed by atoms with E-state index >= 15 is 0 Å². The lowest BCUT2D eigenvalue weighted by atomic mass is 10.0. The fourth-order valence-electron chi connectivity index (χ4n) is 1.24. The van der Waals surface area contributed by atoms with Crippen LogP contribution in [0.1, 0.15) is 1.43 Å². The first-order valence-corrected chi connectivity index (χ1v) is 6.65. The van der Waals surface area contributed by atoms with Gasteiger partial charge in [0.05, 0.1) is 13.2 Å². The fourth-order valence-corrected chi connectivity index (χ4v) is 1.24. The number of aliphatic hydroxyl groups excluding tert-OH is 10. The summed E-state index contributed by atoms with van der Waals surface area (Å²) in [7, 11) is 0. The summed E-state index contributed by atoms with van der Waals surface area (Å²) in [6.45, 7) is -1.52. The first kappa shape index (κ1) is 25.2. The average Bonchev–Trinajstić information content (AvgIpc) is 2.62. The molecule has 12 nitrogen and oxygen atoms in total. The number of aldehydes is 2. The SMILES string of the molecule is O=C[C@H](O)[C@@H](O)[C@H](O)[C@H](O)CO.O=C[C@H](O)[C@@H](O)[C@H](O)[C@H](O)CO.[H+]. The van der Waals surface area contributed by atoms with Gasteiger partial charge in [0.1, 0.15) is 48.8 Å². The standard InChI is InChI=1S/2C6H12O6/c2*7-1-3(9)5(11)6(12)4(10)2-8/h2*1,3-6,8-12H,2H2/p+1/t2*3-,4+,5+,6+/m00/s1. The van der Waals surface area contributed by atoms with Gasteiger partial charge in [-0.25, -0.2) is 0 Å². The highest BCUT2D eigenvalue weighted by Crippen LogP contribution is 2.03. The van der Waals surface area contributed by atoms with Gasteiger partial charge in [-0.15, -0.1) is 0 Å². The zero-order valence-electron chi connectivity index (χ0n) is 13.5. The maximum Gasteiger partial charge on any atom is 1.00 e. The smallest absolute Gasteiger partial charge is 0.394 e. The molecule has 0 aromatic carbocycles. The summed E-state index contributed by atoms with van der Waals surface area (Å²) >= 11 is 0. The normalized spacial score (nSPS) is 21.1. The minimum absolute atomic E-state index is 0. The number of carbonyl (C=O) groups excluding carboxylic acids is 2. The van der Waals surface area contributed by atoms with Crippen molar-refractivity contribution in [1.82, 2.24) is 0 Å². The first-order chi connectivity index (χ1) is 11.1. The van der Waals surface area contributed by atoms with Crippen molar-refractivity contribution in [2.24, 2.45) is 0 Å². The van der Waals surface area contributed by atoms with Gasteiger partial charge in [-0.1, -0.05) is 0 Å². The van der Waals surface area contributed by atoms with E-state index in [4.69, 9.17) is 51.1 Å². The molecule has 0 aromatic heterocycles. The molecule has 0 aliphatic rings. The molecule has 12 heteroatoms. The van der Waals surface area contributed by atoms with Gasteiger partial charge in [0.25, 0.3) is 0 Å². The van der Waals surface area contributed by atoms with Crippen LogP contribution in [-0.2, 0) is 9.59 Å². The van der Waals surface area contributed by atoms with Gasteiger partial charge >= 0.3 is 1.43 Å². The highest BCUT2D eigenvalue weighted by molar-refractivity contribution is 5.57. The molecular weight excluding hydrogens is 336 g/mol. The number of aliphatic hydroxyl groups is 10. The van der Waals surface area contributed by atoms with E-state index in [9.17, 15) is 9.59 Å². The summed E-state index contributed by atoms with van der Waals surface area (Å²) < 4.78 is 0. The third-order valence-corrected chi connectivity index (χ3v) is 2.84. The fraction of sp³-hybridized carbons (Fsp3) is 0.833. The number of carbonyl (C=O) groups is 2. The Labute approximate surface area is 138 Å². The Morgan fingerprint density at radius 1 is 0.583 bits per heavy atom. The van der Waals surface area contributed by atoms with Crippen molar-refractivity contribution >= 4 is 12.6 Å². The van der Waals surface area contributed by atoms with Crippen LogP contribution in [0, 0.1) is 0 Å². The van der Waals surface area contributed by atoms with E-state index in [1.165, 1.54) is 0 Å². The molecule has 24 heavy (non-hydrogen) atoms. The zero-order valence-corrected chi connectivity index (χ0v) is 12.5. The summed E-state index contributed by atoms with van der Waals surface area (Å²) in [6, 6.07) is 0. The molecule has 0 aliphatic heterocycles. The topological polar surface area (TPSA) is 236 Å². The van der Waals surface area contributed by atoms with Crippen LogP contribution < -0.4 is 0 Å². The monoisotopic (exact) mass is 361 g/mol. The second kappa shape index (κ2) is 13.3. The van der Waals surface area contributed by atoms with Crippen molar-refractivity contribution in [2.45, 2.75) is 48.8 Å². The molecule has 0 aromatic rings. The number of hydrogen-bond donors (Lipinski definition) is 10. The van der Waals surface area contributed by atoms with Crippen LogP contribution in [0.4, 0.5) is 0 Å². The van der Waals surface area contributed by atoms with Crippen LogP contribution in [0.3, 0.4) is 0 Å². The highest BCUT2D eigenvalue weighted by Gasteiger charge is 2.30. The maximum absolute atomic E-state index is 9.90. The Bertz CT molecular complexity index is 314. The highest BCUT2D eigenvalue weighted by atomic mass is 16.4. The summed E-state index contributed by atoms with van der Waals surface area (Å²) in [4.78, 5) is 19.8. The molecule has 0 saturated carbocycles. The molecule has 0 heterocycles. The van der Waals surface area contributed by atoms with Crippen molar-refractivity contribution in [3.05, 3.63) is 0 Å². The number of hydrogen-bond acceptors (Lipinski definition) is 12. The predicted octanol–water partition coefficient (Wildman–Crippen LogP) is -6.65. The Hall–Kier alpha value is -1.06. The lowest BCUT2D eigenvalue weighted by Crippen LogP contribution is -2.46. The van der Waals surface area contributed by atoms with Crippen LogP contribution in [0.25, 0.3) is 0 Å². The van der Waals surface area contributed by atoms with E-state index in [0.717, 1.165) is 0 Å². The van der Waals surface area contributed by atoms with Gasteiger partial charge in [-0.3, -0.25) is 0 Å². The van der Waals surface area contributed by atoms with E-state index < -0.39 is 62.0 Å². The number of rotatable bonds is 10. The molecule has 144 valence electrons.